The van der Waals surface area contributed by atoms with Gasteiger partial charge in [0, 0.05) is 105 Å². The van der Waals surface area contributed by atoms with Gasteiger partial charge in [-0.1, -0.05) is 76.3 Å². The van der Waals surface area contributed by atoms with E-state index < -0.39 is 17.4 Å². The maximum absolute atomic E-state index is 13.8. The summed E-state index contributed by atoms with van der Waals surface area (Å²) in [6, 6.07) is 43.2. The van der Waals surface area contributed by atoms with Gasteiger partial charge in [0.25, 0.3) is 0 Å². The molecule has 0 fully saturated rings. The molecule has 422 valence electrons. The molecule has 0 radical (unpaired) electrons. The van der Waals surface area contributed by atoms with Crippen LogP contribution in [0.4, 0.5) is 45.5 Å². The lowest BCUT2D eigenvalue weighted by molar-refractivity contribution is -0.137. The molecule has 2 aliphatic rings. The van der Waals surface area contributed by atoms with Gasteiger partial charge >= 0.3 is 11.9 Å². The summed E-state index contributed by atoms with van der Waals surface area (Å²) in [5.41, 5.74) is 25.9. The molecule has 0 bridgehead atoms. The van der Waals surface area contributed by atoms with Crippen molar-refractivity contribution < 1.29 is 29.4 Å². The number of nitrogens with zero attached hydrogens (tertiary/aromatic N) is 4. The van der Waals surface area contributed by atoms with Crippen LogP contribution >= 0.6 is 0 Å². The molecule has 0 saturated heterocycles. The molecule has 1 unspecified atom stereocenters. The Bertz CT molecular complexity index is 3270. The first-order valence-corrected chi connectivity index (χ1v) is 28.2. The van der Waals surface area contributed by atoms with Crippen LogP contribution in [0.5, 0.6) is 0 Å². The summed E-state index contributed by atoms with van der Waals surface area (Å²) in [4.78, 5) is 60.3. The topological polar surface area (TPSA) is 170 Å². The Morgan fingerprint density at radius 2 is 0.951 bits per heavy atom. The van der Waals surface area contributed by atoms with Crippen LogP contribution in [0.2, 0.25) is 0 Å². The van der Waals surface area contributed by atoms with E-state index in [-0.39, 0.29) is 55.3 Å². The average Bonchev–Trinajstić information content (AvgIpc) is 4.12. The van der Waals surface area contributed by atoms with Crippen LogP contribution in [0.1, 0.15) is 109 Å². The Labute approximate surface area is 477 Å². The molecule has 0 spiro atoms. The highest BCUT2D eigenvalue weighted by molar-refractivity contribution is 5.98. The minimum Gasteiger partial charge on any atom is -0.481 e. The normalized spacial score (nSPS) is 15.4. The van der Waals surface area contributed by atoms with Gasteiger partial charge in [0.2, 0.25) is 0 Å². The number of hydrazine groups is 2. The summed E-state index contributed by atoms with van der Waals surface area (Å²) >= 11 is 0. The zero-order chi connectivity index (χ0) is 57.8. The maximum atomic E-state index is 13.8. The van der Waals surface area contributed by atoms with Crippen molar-refractivity contribution >= 4 is 69.0 Å². The summed E-state index contributed by atoms with van der Waals surface area (Å²) in [6.45, 7) is 9.28. The van der Waals surface area contributed by atoms with Gasteiger partial charge in [0.1, 0.15) is 0 Å². The first-order valence-electron chi connectivity index (χ1n) is 28.2. The molecule has 0 aromatic heterocycles. The largest absolute Gasteiger partial charge is 0.481 e. The van der Waals surface area contributed by atoms with E-state index in [0.717, 1.165) is 99.1 Å². The molecule has 2 heterocycles. The van der Waals surface area contributed by atoms with E-state index in [0.29, 0.717) is 17.7 Å². The smallest absolute Gasteiger partial charge is 0.305 e. The van der Waals surface area contributed by atoms with Crippen molar-refractivity contribution in [3.63, 3.8) is 0 Å². The number of hydrogen-bond donors (Lipinski definition) is 6. The number of rotatable bonds is 27. The minimum atomic E-state index is -0.883. The number of allylic oxidation sites excluding steroid dienone is 5. The Kier molecular flexibility index (Phi) is 18.7. The molecule has 81 heavy (non-hydrogen) atoms. The third kappa shape index (κ3) is 13.1. The van der Waals surface area contributed by atoms with Gasteiger partial charge in [0.05, 0.1) is 41.6 Å². The SMILES string of the molecule is CCC1(CC)\C(=C/C=C/C=C/C2N(CCC(=O)O)c3ccc(CC(=O)c4ccc(NNc5ccc(N(C)C)cc5)cc4)cc3C2(CC)CC)N(CCC(=O)O)c2ccc(CC(=O)c3ccc(NNc4ccc(N(C)C)cc4)cc3)cc21. The summed E-state index contributed by atoms with van der Waals surface area (Å²) in [7, 11) is 8.01. The fraction of sp³-hybridized carbons (Fsp3) is 0.313. The average molecular weight is 1090 g/mol. The number of Topliss-reactive ketones (excluding diaryl/α,β-unsaturated/α-hetero) is 2. The van der Waals surface area contributed by atoms with Crippen molar-refractivity contribution in [2.75, 3.05) is 82.6 Å². The quantitative estimate of drug-likeness (QED) is 0.0164. The van der Waals surface area contributed by atoms with Gasteiger partial charge in [-0.2, -0.15) is 0 Å². The highest BCUT2D eigenvalue weighted by Gasteiger charge is 2.48. The van der Waals surface area contributed by atoms with Crippen LogP contribution in [0.15, 0.2) is 170 Å². The molecule has 1 atom stereocenters. The lowest BCUT2D eigenvalue weighted by Crippen LogP contribution is -2.43. The molecule has 14 nitrogen and oxygen atoms in total. The van der Waals surface area contributed by atoms with E-state index in [2.05, 4.69) is 89.5 Å². The maximum Gasteiger partial charge on any atom is 0.305 e. The first kappa shape index (κ1) is 58.4. The van der Waals surface area contributed by atoms with E-state index in [9.17, 15) is 29.4 Å². The van der Waals surface area contributed by atoms with Crippen LogP contribution in [-0.4, -0.2) is 81.0 Å². The van der Waals surface area contributed by atoms with E-state index >= 15 is 0 Å². The van der Waals surface area contributed by atoms with Crippen LogP contribution in [0.3, 0.4) is 0 Å². The van der Waals surface area contributed by atoms with Crippen molar-refractivity contribution in [1.82, 2.24) is 0 Å². The van der Waals surface area contributed by atoms with Gasteiger partial charge in [-0.3, -0.25) is 19.2 Å². The van der Waals surface area contributed by atoms with Crippen molar-refractivity contribution in [1.29, 1.82) is 0 Å². The van der Waals surface area contributed by atoms with Crippen LogP contribution in [0, 0.1) is 0 Å². The van der Waals surface area contributed by atoms with Crippen LogP contribution in [-0.2, 0) is 33.3 Å². The number of ketones is 2. The lowest BCUT2D eigenvalue weighted by Gasteiger charge is -2.36. The summed E-state index contributed by atoms with van der Waals surface area (Å²) in [6.07, 6.45) is 13.8. The molecule has 8 rings (SSSR count). The second-order valence-electron chi connectivity index (χ2n) is 21.5. The molecule has 0 amide bonds. The third-order valence-electron chi connectivity index (χ3n) is 16.4. The lowest BCUT2D eigenvalue weighted by atomic mass is 9.71. The Hall–Kier alpha value is -8.78. The number of fused-ring (bicyclic) bond motifs is 2. The number of carboxylic acids is 2. The first-order chi connectivity index (χ1) is 39.0. The predicted molar refractivity (Wildman–Crippen MR) is 332 cm³/mol. The van der Waals surface area contributed by atoms with E-state index in [1.54, 1.807) is 0 Å². The zero-order valence-corrected chi connectivity index (χ0v) is 48.1. The van der Waals surface area contributed by atoms with Crippen LogP contribution < -0.4 is 41.3 Å². The molecular formula is C67H78N8O6. The minimum absolute atomic E-state index is 0.00109. The monoisotopic (exact) mass is 1090 g/mol. The van der Waals surface area contributed by atoms with Crippen molar-refractivity contribution in [3.8, 4) is 0 Å². The molecule has 0 aliphatic carbocycles. The van der Waals surface area contributed by atoms with Crippen molar-refractivity contribution in [2.24, 2.45) is 0 Å². The molecule has 6 aromatic rings. The zero-order valence-electron chi connectivity index (χ0n) is 48.1. The van der Waals surface area contributed by atoms with Gasteiger partial charge < -0.3 is 51.5 Å². The van der Waals surface area contributed by atoms with E-state index in [1.165, 1.54) is 0 Å². The highest BCUT2D eigenvalue weighted by Crippen LogP contribution is 2.53. The van der Waals surface area contributed by atoms with E-state index in [1.807, 2.05) is 171 Å². The highest BCUT2D eigenvalue weighted by atomic mass is 16.4. The van der Waals surface area contributed by atoms with E-state index in [4.69, 9.17) is 0 Å². The number of carbonyl (C=O) groups excluding carboxylic acids is 2. The molecule has 6 N–H and O–H groups in total. The van der Waals surface area contributed by atoms with Crippen LogP contribution in [0.25, 0.3) is 0 Å². The summed E-state index contributed by atoms with van der Waals surface area (Å²) in [5.74, 6) is -1.75. The fourth-order valence-corrected chi connectivity index (χ4v) is 11.7. The second-order valence-corrected chi connectivity index (χ2v) is 21.5. The number of carbonyl (C=O) groups is 4. The third-order valence-corrected chi connectivity index (χ3v) is 16.4. The fourth-order valence-electron chi connectivity index (χ4n) is 11.7. The number of carboxylic acid groups (broad SMARTS) is 2. The predicted octanol–water partition coefficient (Wildman–Crippen LogP) is 13.3. The number of hydrogen-bond acceptors (Lipinski definition) is 12. The number of benzene rings is 6. The van der Waals surface area contributed by atoms with Crippen molar-refractivity contribution in [3.05, 3.63) is 203 Å². The number of anilines is 8. The summed E-state index contributed by atoms with van der Waals surface area (Å²) in [5, 5.41) is 19.8. The summed E-state index contributed by atoms with van der Waals surface area (Å²) < 4.78 is 0. The molecule has 0 saturated carbocycles. The van der Waals surface area contributed by atoms with Gasteiger partial charge in [-0.05, 0) is 163 Å². The second kappa shape index (κ2) is 26.0. The Balaban J connectivity index is 0.982. The van der Waals surface area contributed by atoms with Crippen molar-refractivity contribution in [2.45, 2.75) is 95.9 Å². The Morgan fingerprint density at radius 3 is 1.38 bits per heavy atom. The molecule has 2 aliphatic heterocycles. The van der Waals surface area contributed by atoms with Gasteiger partial charge in [-0.25, -0.2) is 0 Å². The Morgan fingerprint density at radius 1 is 0.519 bits per heavy atom. The standard InChI is InChI=1S/C67H78N8O6/c1-9-66(10-2)56-42-46(44-60(76)48-20-24-50(25-21-48)68-70-52-28-32-54(33-29-52)72(5)6)18-36-58(56)74(40-38-64(78)79)62(66)16-14-13-15-17-63-67(11-3,12-4)57-43-47(19-37-59(57)75(63)41-39-65(80)81)45-61(77)49-22-26-51(27-23-49)69-71-53-30-34-55(35-31-53)73(7)8/h13-37,42-43,62,68-71H,9-12,38-41,44-45H2,1-8H3,(H,78,79)(H,80,81)/b15-13+,16-14+,63-17+. The number of aliphatic carboxylic acids is 2. The number of nitrogens with one attached hydrogen (secondary N) is 4. The van der Waals surface area contributed by atoms with Gasteiger partial charge in [0.15, 0.2) is 11.6 Å². The van der Waals surface area contributed by atoms with Gasteiger partial charge in [-0.15, -0.1) is 0 Å². The molecule has 14 heteroatoms. The molecule has 6 aromatic carbocycles. The molecular weight excluding hydrogens is 1010 g/mol.